The highest BCUT2D eigenvalue weighted by molar-refractivity contribution is 5.92. The van der Waals surface area contributed by atoms with E-state index in [9.17, 15) is 9.59 Å². The Bertz CT molecular complexity index is 636. The van der Waals surface area contributed by atoms with E-state index >= 15 is 0 Å². The third-order valence-corrected chi connectivity index (χ3v) is 3.22. The second-order valence-electron chi connectivity index (χ2n) is 4.73. The van der Waals surface area contributed by atoms with Gasteiger partial charge in [-0.25, -0.2) is 0 Å². The van der Waals surface area contributed by atoms with Crippen LogP contribution in [0.3, 0.4) is 0 Å². The number of aliphatic carboxylic acids is 2. The van der Waals surface area contributed by atoms with Gasteiger partial charge in [-0.15, -0.1) is 0 Å². The number of carbonyl (C=O) groups is 2. The average molecular weight is 288 g/mol. The van der Waals surface area contributed by atoms with Crippen molar-refractivity contribution in [2.75, 3.05) is 6.61 Å². The number of hydrogen-bond donors (Lipinski definition) is 2. The van der Waals surface area contributed by atoms with Gasteiger partial charge in [-0.3, -0.25) is 9.59 Å². The molecular weight excluding hydrogens is 272 g/mol. The Morgan fingerprint density at radius 3 is 2.33 bits per heavy atom. The van der Waals surface area contributed by atoms with Crippen molar-refractivity contribution in [3.05, 3.63) is 42.5 Å². The summed E-state index contributed by atoms with van der Waals surface area (Å²) in [5, 5.41) is 19.7. The summed E-state index contributed by atoms with van der Waals surface area (Å²) >= 11 is 0. The van der Waals surface area contributed by atoms with Crippen LogP contribution >= 0.6 is 0 Å². The van der Waals surface area contributed by atoms with Crippen molar-refractivity contribution in [2.45, 2.75) is 12.8 Å². The van der Waals surface area contributed by atoms with E-state index in [1.165, 1.54) is 0 Å². The number of carboxylic acids is 2. The van der Waals surface area contributed by atoms with Gasteiger partial charge in [0, 0.05) is 0 Å². The second kappa shape index (κ2) is 6.74. The van der Waals surface area contributed by atoms with E-state index in [2.05, 4.69) is 0 Å². The summed E-state index contributed by atoms with van der Waals surface area (Å²) in [4.78, 5) is 21.5. The van der Waals surface area contributed by atoms with Crippen molar-refractivity contribution < 1.29 is 24.5 Å². The van der Waals surface area contributed by atoms with Gasteiger partial charge in [0.15, 0.2) is 5.92 Å². The minimum absolute atomic E-state index is 0.0538. The van der Waals surface area contributed by atoms with Crippen molar-refractivity contribution in [2.24, 2.45) is 5.92 Å². The van der Waals surface area contributed by atoms with Crippen molar-refractivity contribution in [1.29, 1.82) is 0 Å². The lowest BCUT2D eigenvalue weighted by Crippen LogP contribution is -2.23. The highest BCUT2D eigenvalue weighted by Crippen LogP contribution is 2.21. The second-order valence-corrected chi connectivity index (χ2v) is 4.73. The Balaban J connectivity index is 1.87. The lowest BCUT2D eigenvalue weighted by molar-refractivity contribution is -0.154. The highest BCUT2D eigenvalue weighted by atomic mass is 16.5. The minimum atomic E-state index is -1.37. The molecule has 0 saturated heterocycles. The predicted octanol–water partition coefficient (Wildman–Crippen LogP) is 2.78. The summed E-state index contributed by atoms with van der Waals surface area (Å²) in [6.45, 7) is 0.287. The largest absolute Gasteiger partial charge is 0.494 e. The van der Waals surface area contributed by atoms with E-state index in [4.69, 9.17) is 14.9 Å². The summed E-state index contributed by atoms with van der Waals surface area (Å²) in [5.41, 5.74) is 0. The van der Waals surface area contributed by atoms with Gasteiger partial charge in [0.05, 0.1) is 6.61 Å². The number of carboxylic acid groups (broad SMARTS) is 2. The Morgan fingerprint density at radius 1 is 1.00 bits per heavy atom. The van der Waals surface area contributed by atoms with Gasteiger partial charge in [-0.1, -0.05) is 30.3 Å². The third kappa shape index (κ3) is 3.95. The number of benzene rings is 2. The highest BCUT2D eigenvalue weighted by Gasteiger charge is 2.24. The normalized spacial score (nSPS) is 10.7. The first-order chi connectivity index (χ1) is 10.1. The van der Waals surface area contributed by atoms with Gasteiger partial charge >= 0.3 is 11.9 Å². The number of ether oxygens (including phenoxy) is 1. The van der Waals surface area contributed by atoms with Crippen LogP contribution in [0.25, 0.3) is 10.8 Å². The summed E-state index contributed by atoms with van der Waals surface area (Å²) in [6.07, 6.45) is 0.425. The monoisotopic (exact) mass is 288 g/mol. The summed E-state index contributed by atoms with van der Waals surface area (Å²) in [6, 6.07) is 13.6. The Hall–Kier alpha value is -2.56. The molecule has 2 N–H and O–H groups in total. The molecule has 0 atom stereocenters. The molecule has 2 aromatic carbocycles. The van der Waals surface area contributed by atoms with Crippen molar-refractivity contribution in [3.63, 3.8) is 0 Å². The molecule has 0 bridgehead atoms. The molecule has 2 rings (SSSR count). The smallest absolute Gasteiger partial charge is 0.317 e. The molecule has 5 nitrogen and oxygen atoms in total. The first-order valence-electron chi connectivity index (χ1n) is 6.65. The predicted molar refractivity (Wildman–Crippen MR) is 77.4 cm³/mol. The molecule has 21 heavy (non-hydrogen) atoms. The molecule has 0 aliphatic rings. The quantitative estimate of drug-likeness (QED) is 0.604. The molecule has 0 heterocycles. The fourth-order valence-corrected chi connectivity index (χ4v) is 2.09. The minimum Gasteiger partial charge on any atom is -0.494 e. The van der Waals surface area contributed by atoms with Gasteiger partial charge in [0.25, 0.3) is 0 Å². The number of hydrogen-bond acceptors (Lipinski definition) is 3. The molecule has 0 aliphatic heterocycles. The van der Waals surface area contributed by atoms with Crippen LogP contribution in [0.15, 0.2) is 42.5 Å². The topological polar surface area (TPSA) is 83.8 Å². The molecule has 0 amide bonds. The van der Waals surface area contributed by atoms with Crippen molar-refractivity contribution >= 4 is 22.7 Å². The zero-order valence-corrected chi connectivity index (χ0v) is 11.4. The first-order valence-corrected chi connectivity index (χ1v) is 6.65. The molecular formula is C16H16O5. The van der Waals surface area contributed by atoms with Crippen LogP contribution in [-0.2, 0) is 9.59 Å². The molecule has 5 heteroatoms. The van der Waals surface area contributed by atoms with E-state index in [1.54, 1.807) is 0 Å². The third-order valence-electron chi connectivity index (χ3n) is 3.22. The Labute approximate surface area is 121 Å². The van der Waals surface area contributed by atoms with Gasteiger partial charge in [0.1, 0.15) is 5.75 Å². The molecule has 0 saturated carbocycles. The summed E-state index contributed by atoms with van der Waals surface area (Å²) < 4.78 is 5.54. The van der Waals surface area contributed by atoms with Crippen molar-refractivity contribution in [1.82, 2.24) is 0 Å². The summed E-state index contributed by atoms with van der Waals surface area (Å²) in [5.74, 6) is -3.30. The zero-order chi connectivity index (χ0) is 15.2. The van der Waals surface area contributed by atoms with Gasteiger partial charge in [-0.2, -0.15) is 0 Å². The van der Waals surface area contributed by atoms with E-state index in [1.807, 2.05) is 42.5 Å². The fourth-order valence-electron chi connectivity index (χ4n) is 2.09. The van der Waals surface area contributed by atoms with Gasteiger partial charge in [-0.05, 0) is 35.7 Å². The van der Waals surface area contributed by atoms with Crippen LogP contribution in [0.5, 0.6) is 5.75 Å². The first kappa shape index (κ1) is 14.8. The van der Waals surface area contributed by atoms with Crippen LogP contribution in [0.2, 0.25) is 0 Å². The van der Waals surface area contributed by atoms with Crippen LogP contribution in [0, 0.1) is 5.92 Å². The lowest BCUT2D eigenvalue weighted by atomic mass is 10.0. The van der Waals surface area contributed by atoms with Crippen molar-refractivity contribution in [3.8, 4) is 5.75 Å². The van der Waals surface area contributed by atoms with E-state index in [-0.39, 0.29) is 13.0 Å². The molecule has 0 radical (unpaired) electrons. The molecule has 110 valence electrons. The maximum absolute atomic E-state index is 10.7. The standard InChI is InChI=1S/C16H16O5/c17-15(18)14(16(19)20)6-3-9-21-13-8-7-11-4-1-2-5-12(11)10-13/h1-2,4-5,7-8,10,14H,3,6,9H2,(H,17,18)(H,19,20). The average Bonchev–Trinajstić information content (AvgIpc) is 2.46. The molecule has 0 fully saturated rings. The van der Waals surface area contributed by atoms with Gasteiger partial charge < -0.3 is 14.9 Å². The SMILES string of the molecule is O=C(O)C(CCCOc1ccc2ccccc2c1)C(=O)O. The Kier molecular flexibility index (Phi) is 4.77. The molecule has 0 aromatic heterocycles. The van der Waals surface area contributed by atoms with Crippen LogP contribution < -0.4 is 4.74 Å². The molecule has 0 aliphatic carbocycles. The fraction of sp³-hybridized carbons (Fsp3) is 0.250. The van der Waals surface area contributed by atoms with Crippen LogP contribution in [0.4, 0.5) is 0 Å². The lowest BCUT2D eigenvalue weighted by Gasteiger charge is -2.09. The number of fused-ring (bicyclic) bond motifs is 1. The van der Waals surface area contributed by atoms with Crippen LogP contribution in [-0.4, -0.2) is 28.8 Å². The van der Waals surface area contributed by atoms with Crippen LogP contribution in [0.1, 0.15) is 12.8 Å². The summed E-state index contributed by atoms with van der Waals surface area (Å²) in [7, 11) is 0. The maximum atomic E-state index is 10.7. The Morgan fingerprint density at radius 2 is 1.67 bits per heavy atom. The number of rotatable bonds is 7. The maximum Gasteiger partial charge on any atom is 0.317 e. The zero-order valence-electron chi connectivity index (χ0n) is 11.4. The van der Waals surface area contributed by atoms with Gasteiger partial charge in [0.2, 0.25) is 0 Å². The van der Waals surface area contributed by atoms with E-state index in [0.717, 1.165) is 10.8 Å². The molecule has 0 spiro atoms. The van der Waals surface area contributed by atoms with E-state index < -0.39 is 17.9 Å². The molecule has 0 unspecified atom stereocenters. The molecule has 2 aromatic rings. The van der Waals surface area contributed by atoms with E-state index in [0.29, 0.717) is 12.2 Å².